The van der Waals surface area contributed by atoms with E-state index in [1.54, 1.807) is 7.05 Å². The number of primary sulfonamides is 1. The van der Waals surface area contributed by atoms with Gasteiger partial charge in [0.15, 0.2) is 0 Å². The number of rotatable bonds is 10. The van der Waals surface area contributed by atoms with Crippen molar-refractivity contribution in [2.45, 2.75) is 18.2 Å². The number of carbonyl (C=O) groups is 1. The molecule has 0 aromatic heterocycles. The van der Waals surface area contributed by atoms with Crippen molar-refractivity contribution < 1.29 is 22.9 Å². The average molecular weight is 436 g/mol. The lowest BCUT2D eigenvalue weighted by molar-refractivity contribution is -0.384. The van der Waals surface area contributed by atoms with Crippen LogP contribution in [0.2, 0.25) is 0 Å². The molecule has 162 valence electrons. The van der Waals surface area contributed by atoms with E-state index in [0.29, 0.717) is 13.2 Å². The number of nitro benzene ring substituents is 1. The summed E-state index contributed by atoms with van der Waals surface area (Å²) in [6.07, 6.45) is 0.0922. The van der Waals surface area contributed by atoms with E-state index < -0.39 is 20.6 Å². The predicted octanol–water partition coefficient (Wildman–Crippen LogP) is 1.89. The monoisotopic (exact) mass is 436 g/mol. The van der Waals surface area contributed by atoms with Crippen LogP contribution < -0.4 is 15.2 Å². The number of para-hydroxylation sites is 1. The van der Waals surface area contributed by atoms with Crippen molar-refractivity contribution in [3.05, 3.63) is 58.1 Å². The number of nitro groups is 1. The number of hydrogen-bond donors (Lipinski definition) is 2. The number of benzene rings is 2. The summed E-state index contributed by atoms with van der Waals surface area (Å²) in [7, 11) is -2.41. The van der Waals surface area contributed by atoms with Crippen LogP contribution in [0.15, 0.2) is 47.4 Å². The van der Waals surface area contributed by atoms with E-state index in [2.05, 4.69) is 5.32 Å². The molecule has 0 saturated carbocycles. The summed E-state index contributed by atoms with van der Waals surface area (Å²) >= 11 is 0. The Morgan fingerprint density at radius 3 is 2.60 bits per heavy atom. The third kappa shape index (κ3) is 6.42. The number of hydrogen-bond acceptors (Lipinski definition) is 7. The van der Waals surface area contributed by atoms with E-state index in [0.717, 1.165) is 17.4 Å². The first-order chi connectivity index (χ1) is 14.1. The number of carbonyl (C=O) groups excluding carboxylic acids is 1. The first-order valence-corrected chi connectivity index (χ1v) is 10.6. The number of nitrogens with one attached hydrogen (secondary N) is 1. The van der Waals surface area contributed by atoms with Gasteiger partial charge in [-0.1, -0.05) is 18.2 Å². The van der Waals surface area contributed by atoms with E-state index in [4.69, 9.17) is 9.88 Å². The summed E-state index contributed by atoms with van der Waals surface area (Å²) < 4.78 is 28.4. The molecule has 0 fully saturated rings. The van der Waals surface area contributed by atoms with Gasteiger partial charge in [0.2, 0.25) is 15.9 Å². The van der Waals surface area contributed by atoms with Crippen LogP contribution in [0.5, 0.6) is 5.75 Å². The van der Waals surface area contributed by atoms with Gasteiger partial charge in [0.1, 0.15) is 18.0 Å². The number of nitrogens with zero attached hydrogens (tertiary/aromatic N) is 2. The summed E-state index contributed by atoms with van der Waals surface area (Å²) in [5.74, 6) is 0.593. The molecular formula is C19H24N4O6S. The molecule has 0 bridgehead atoms. The van der Waals surface area contributed by atoms with Crippen molar-refractivity contribution in [3.63, 3.8) is 0 Å². The van der Waals surface area contributed by atoms with Gasteiger partial charge in [-0.15, -0.1) is 0 Å². The van der Waals surface area contributed by atoms with Crippen LogP contribution >= 0.6 is 0 Å². The Bertz CT molecular complexity index is 1030. The lowest BCUT2D eigenvalue weighted by Gasteiger charge is -2.18. The lowest BCUT2D eigenvalue weighted by atomic mass is 10.2. The Balaban J connectivity index is 1.86. The van der Waals surface area contributed by atoms with Crippen LogP contribution in [-0.2, 0) is 14.8 Å². The molecule has 1 amide bonds. The van der Waals surface area contributed by atoms with Gasteiger partial charge in [-0.05, 0) is 30.7 Å². The van der Waals surface area contributed by atoms with E-state index >= 15 is 0 Å². The van der Waals surface area contributed by atoms with Crippen molar-refractivity contribution in [1.82, 2.24) is 4.90 Å². The summed E-state index contributed by atoms with van der Waals surface area (Å²) in [5, 5.41) is 19.0. The smallest absolute Gasteiger partial charge is 0.293 e. The van der Waals surface area contributed by atoms with Gasteiger partial charge >= 0.3 is 0 Å². The van der Waals surface area contributed by atoms with E-state index in [1.807, 2.05) is 31.2 Å². The molecule has 0 radical (unpaired) electrons. The van der Waals surface area contributed by atoms with Crippen LogP contribution in [0.3, 0.4) is 0 Å². The van der Waals surface area contributed by atoms with Crippen molar-refractivity contribution in [3.8, 4) is 5.75 Å². The molecule has 0 heterocycles. The highest BCUT2D eigenvalue weighted by Crippen LogP contribution is 2.27. The molecule has 3 N–H and O–H groups in total. The van der Waals surface area contributed by atoms with Crippen LogP contribution in [0, 0.1) is 17.0 Å². The van der Waals surface area contributed by atoms with Gasteiger partial charge in [0.25, 0.3) is 5.69 Å². The van der Waals surface area contributed by atoms with E-state index in [-0.39, 0.29) is 29.5 Å². The van der Waals surface area contributed by atoms with Gasteiger partial charge in [-0.3, -0.25) is 14.9 Å². The zero-order valence-electron chi connectivity index (χ0n) is 16.7. The Labute approximate surface area is 174 Å². The fourth-order valence-electron chi connectivity index (χ4n) is 2.62. The van der Waals surface area contributed by atoms with E-state index in [9.17, 15) is 23.3 Å². The lowest BCUT2D eigenvalue weighted by Crippen LogP contribution is -2.32. The normalized spacial score (nSPS) is 11.0. The molecule has 0 aliphatic heterocycles. The minimum atomic E-state index is -4.06. The van der Waals surface area contributed by atoms with Crippen molar-refractivity contribution in [2.24, 2.45) is 5.14 Å². The molecule has 0 unspecified atom stereocenters. The quantitative estimate of drug-likeness (QED) is 0.427. The Hall–Kier alpha value is -3.18. The van der Waals surface area contributed by atoms with Crippen LogP contribution in [-0.4, -0.2) is 50.9 Å². The number of likely N-dealkylation sites (N-methyl/N-ethyl adjacent to an activating group) is 1. The number of amides is 1. The molecule has 2 rings (SSSR count). The molecule has 0 spiro atoms. The number of sulfonamides is 1. The molecule has 0 saturated heterocycles. The molecule has 2 aromatic rings. The molecule has 10 nitrogen and oxygen atoms in total. The number of ether oxygens (including phenoxy) is 1. The van der Waals surface area contributed by atoms with Gasteiger partial charge < -0.3 is 15.0 Å². The zero-order valence-corrected chi connectivity index (χ0v) is 17.5. The first-order valence-electron chi connectivity index (χ1n) is 9.07. The zero-order chi connectivity index (χ0) is 22.3. The highest BCUT2D eigenvalue weighted by Gasteiger charge is 2.19. The molecule has 0 aliphatic rings. The predicted molar refractivity (Wildman–Crippen MR) is 112 cm³/mol. The fraction of sp³-hybridized carbons (Fsp3) is 0.316. The second-order valence-electron chi connectivity index (χ2n) is 6.59. The summed E-state index contributed by atoms with van der Waals surface area (Å²) in [5.41, 5.74) is 0.672. The molecule has 2 aromatic carbocycles. The average Bonchev–Trinajstić information content (AvgIpc) is 2.68. The Kier molecular flexibility index (Phi) is 7.72. The van der Waals surface area contributed by atoms with Crippen molar-refractivity contribution >= 4 is 27.3 Å². The SMILES string of the molecule is Cc1ccccc1OCCN(C)C(=O)CCNc1ccc(S(N)(=O)=O)cc1[N+](=O)[O-]. The Morgan fingerprint density at radius 1 is 1.27 bits per heavy atom. The second kappa shape index (κ2) is 10.0. The maximum absolute atomic E-state index is 12.2. The number of anilines is 1. The maximum Gasteiger partial charge on any atom is 0.293 e. The van der Waals surface area contributed by atoms with Gasteiger partial charge in [0.05, 0.1) is 16.4 Å². The van der Waals surface area contributed by atoms with Gasteiger partial charge in [0, 0.05) is 26.1 Å². The van der Waals surface area contributed by atoms with Crippen LogP contribution in [0.25, 0.3) is 0 Å². The summed E-state index contributed by atoms with van der Waals surface area (Å²) in [6, 6.07) is 10.9. The standard InChI is InChI=1S/C19H24N4O6S/c1-14-5-3-4-6-18(14)29-12-11-22(2)19(24)9-10-21-16-8-7-15(30(20,27)28)13-17(16)23(25)26/h3-8,13,21H,9-12H2,1-2H3,(H2,20,27,28). The summed E-state index contributed by atoms with van der Waals surface area (Å²) in [4.78, 5) is 23.9. The topological polar surface area (TPSA) is 145 Å². The molecule has 0 atom stereocenters. The minimum absolute atomic E-state index is 0.0922. The van der Waals surface area contributed by atoms with Crippen molar-refractivity contribution in [1.29, 1.82) is 0 Å². The molecule has 30 heavy (non-hydrogen) atoms. The molecule has 0 aliphatic carbocycles. The highest BCUT2D eigenvalue weighted by atomic mass is 32.2. The maximum atomic E-state index is 12.2. The first kappa shape index (κ1) is 23.1. The summed E-state index contributed by atoms with van der Waals surface area (Å²) in [6.45, 7) is 2.79. The molecular weight excluding hydrogens is 412 g/mol. The Morgan fingerprint density at radius 2 is 1.97 bits per heavy atom. The fourth-order valence-corrected chi connectivity index (χ4v) is 3.15. The van der Waals surface area contributed by atoms with E-state index in [1.165, 1.54) is 17.0 Å². The van der Waals surface area contributed by atoms with Crippen molar-refractivity contribution in [2.75, 3.05) is 32.1 Å². The third-order valence-electron chi connectivity index (χ3n) is 4.35. The van der Waals surface area contributed by atoms with Crippen LogP contribution in [0.1, 0.15) is 12.0 Å². The largest absolute Gasteiger partial charge is 0.491 e. The van der Waals surface area contributed by atoms with Gasteiger partial charge in [-0.2, -0.15) is 0 Å². The second-order valence-corrected chi connectivity index (χ2v) is 8.15. The van der Waals surface area contributed by atoms with Gasteiger partial charge in [-0.25, -0.2) is 13.6 Å². The molecule has 11 heteroatoms. The third-order valence-corrected chi connectivity index (χ3v) is 5.26. The number of aryl methyl sites for hydroxylation is 1. The van der Waals surface area contributed by atoms with Crippen LogP contribution in [0.4, 0.5) is 11.4 Å². The highest BCUT2D eigenvalue weighted by molar-refractivity contribution is 7.89. The minimum Gasteiger partial charge on any atom is -0.491 e. The number of nitrogens with two attached hydrogens (primary N) is 1.